The molecule has 7 heteroatoms. The summed E-state index contributed by atoms with van der Waals surface area (Å²) >= 11 is 7.44. The Morgan fingerprint density at radius 3 is 2.78 bits per heavy atom. The number of nitrogens with two attached hydrogens (primary N) is 1. The maximum Gasteiger partial charge on any atom is 0.228 e. The van der Waals surface area contributed by atoms with Crippen LogP contribution in [0.2, 0.25) is 4.34 Å². The fraction of sp³-hybridized carbons (Fsp3) is 0.364. The number of nitrogen functional groups attached to an aromatic ring is 1. The number of halogens is 1. The third kappa shape index (κ3) is 3.08. The Hall–Kier alpha value is -1.40. The number of nitrogens with zero attached hydrogens (tertiary/aromatic N) is 3. The molecule has 0 spiro atoms. The van der Waals surface area contributed by atoms with Gasteiger partial charge in [-0.15, -0.1) is 11.3 Å². The highest BCUT2D eigenvalue weighted by Gasteiger charge is 2.11. The van der Waals surface area contributed by atoms with E-state index in [1.54, 1.807) is 0 Å². The number of hydrogen-bond acceptors (Lipinski definition) is 6. The monoisotopic (exact) mass is 283 g/mol. The van der Waals surface area contributed by atoms with Gasteiger partial charge in [0, 0.05) is 11.3 Å². The number of thiophene rings is 1. The highest BCUT2D eigenvalue weighted by Crippen LogP contribution is 2.28. The van der Waals surface area contributed by atoms with Crippen molar-refractivity contribution in [3.05, 3.63) is 27.2 Å². The van der Waals surface area contributed by atoms with Crippen LogP contribution >= 0.6 is 22.9 Å². The molecule has 2 aromatic rings. The first kappa shape index (κ1) is 13.0. The molecule has 0 saturated carbocycles. The zero-order chi connectivity index (χ0) is 13.1. The van der Waals surface area contributed by atoms with Crippen molar-refractivity contribution in [2.24, 2.45) is 0 Å². The lowest BCUT2D eigenvalue weighted by Crippen LogP contribution is -2.12. The number of aromatic nitrogens is 3. The highest BCUT2D eigenvalue weighted by atomic mass is 35.5. The van der Waals surface area contributed by atoms with Crippen LogP contribution in [0.4, 0.5) is 11.9 Å². The van der Waals surface area contributed by atoms with E-state index in [1.165, 1.54) is 11.3 Å². The maximum absolute atomic E-state index is 5.91. The topological polar surface area (TPSA) is 76.7 Å². The van der Waals surface area contributed by atoms with Crippen molar-refractivity contribution >= 4 is 34.8 Å². The minimum absolute atomic E-state index is 0.0778. The van der Waals surface area contributed by atoms with Gasteiger partial charge in [-0.05, 0) is 19.1 Å². The van der Waals surface area contributed by atoms with E-state index in [9.17, 15) is 0 Å². The third-order valence-corrected chi connectivity index (χ3v) is 3.80. The molecule has 0 radical (unpaired) electrons. The molecule has 1 atom stereocenters. The molecule has 0 aromatic carbocycles. The van der Waals surface area contributed by atoms with Gasteiger partial charge in [0.1, 0.15) is 5.82 Å². The smallest absolute Gasteiger partial charge is 0.228 e. The summed E-state index contributed by atoms with van der Waals surface area (Å²) in [7, 11) is 0. The van der Waals surface area contributed by atoms with Crippen LogP contribution in [-0.2, 0) is 6.42 Å². The lowest BCUT2D eigenvalue weighted by molar-refractivity contribution is 0.846. The fourth-order valence-corrected chi connectivity index (χ4v) is 2.55. The van der Waals surface area contributed by atoms with Gasteiger partial charge in [-0.3, -0.25) is 0 Å². The summed E-state index contributed by atoms with van der Waals surface area (Å²) in [5, 5.41) is 3.20. The molecule has 0 aliphatic heterocycles. The number of aryl methyl sites for hydroxylation is 1. The second kappa shape index (κ2) is 5.49. The Labute approximate surface area is 114 Å². The molecule has 0 amide bonds. The highest BCUT2D eigenvalue weighted by molar-refractivity contribution is 7.16. The number of rotatable bonds is 4. The predicted octanol–water partition coefficient (Wildman–Crippen LogP) is 2.90. The number of nitrogens with one attached hydrogen (secondary N) is 1. The number of hydrogen-bond donors (Lipinski definition) is 2. The molecule has 1 unspecified atom stereocenters. The lowest BCUT2D eigenvalue weighted by atomic mass is 10.3. The SMILES string of the molecule is CCc1nc(N)nc(NC(C)c2ccc(Cl)s2)n1. The van der Waals surface area contributed by atoms with E-state index in [1.807, 2.05) is 26.0 Å². The van der Waals surface area contributed by atoms with Crippen LogP contribution in [0.3, 0.4) is 0 Å². The molecule has 0 aliphatic rings. The normalized spacial score (nSPS) is 12.4. The molecule has 18 heavy (non-hydrogen) atoms. The Morgan fingerprint density at radius 2 is 2.17 bits per heavy atom. The first-order valence-electron chi connectivity index (χ1n) is 5.60. The van der Waals surface area contributed by atoms with Crippen LogP contribution in [0, 0.1) is 0 Å². The van der Waals surface area contributed by atoms with E-state index >= 15 is 0 Å². The molecule has 5 nitrogen and oxygen atoms in total. The zero-order valence-electron chi connectivity index (χ0n) is 10.1. The Kier molecular flexibility index (Phi) is 3.98. The summed E-state index contributed by atoms with van der Waals surface area (Å²) in [6, 6.07) is 3.93. The summed E-state index contributed by atoms with van der Waals surface area (Å²) in [4.78, 5) is 13.5. The predicted molar refractivity (Wildman–Crippen MR) is 75.0 cm³/mol. The molecule has 3 N–H and O–H groups in total. The van der Waals surface area contributed by atoms with Crippen LogP contribution in [0.1, 0.15) is 30.6 Å². The van der Waals surface area contributed by atoms with Gasteiger partial charge in [0.25, 0.3) is 0 Å². The summed E-state index contributed by atoms with van der Waals surface area (Å²) in [5.74, 6) is 1.42. The summed E-state index contributed by atoms with van der Waals surface area (Å²) in [6.07, 6.45) is 0.723. The second-order valence-electron chi connectivity index (χ2n) is 3.79. The average Bonchev–Trinajstić information content (AvgIpc) is 2.75. The summed E-state index contributed by atoms with van der Waals surface area (Å²) in [6.45, 7) is 3.99. The molecule has 2 aromatic heterocycles. The van der Waals surface area contributed by atoms with E-state index in [0.29, 0.717) is 11.8 Å². The van der Waals surface area contributed by atoms with Gasteiger partial charge < -0.3 is 11.1 Å². The van der Waals surface area contributed by atoms with Gasteiger partial charge in [-0.25, -0.2) is 0 Å². The van der Waals surface area contributed by atoms with Crippen LogP contribution in [0.15, 0.2) is 12.1 Å². The zero-order valence-corrected chi connectivity index (χ0v) is 11.7. The van der Waals surface area contributed by atoms with Crippen molar-refractivity contribution in [2.45, 2.75) is 26.3 Å². The summed E-state index contributed by atoms with van der Waals surface area (Å²) in [5.41, 5.74) is 5.63. The standard InChI is InChI=1S/C11H14ClN5S/c1-3-9-15-10(13)17-11(16-9)14-6(2)7-4-5-8(12)18-7/h4-6H,3H2,1-2H3,(H3,13,14,15,16,17). The molecule has 0 fully saturated rings. The Bertz CT molecular complexity index is 542. The van der Waals surface area contributed by atoms with Crippen LogP contribution < -0.4 is 11.1 Å². The van der Waals surface area contributed by atoms with Crippen LogP contribution in [0.25, 0.3) is 0 Å². The van der Waals surface area contributed by atoms with Crippen molar-refractivity contribution in [3.8, 4) is 0 Å². The van der Waals surface area contributed by atoms with Gasteiger partial charge in [0.15, 0.2) is 0 Å². The number of anilines is 2. The average molecular weight is 284 g/mol. The molecule has 2 rings (SSSR count). The van der Waals surface area contributed by atoms with Crippen LogP contribution in [0.5, 0.6) is 0 Å². The van der Waals surface area contributed by atoms with E-state index in [4.69, 9.17) is 17.3 Å². The molecule has 96 valence electrons. The van der Waals surface area contributed by atoms with E-state index in [2.05, 4.69) is 20.3 Å². The lowest BCUT2D eigenvalue weighted by Gasteiger charge is -2.12. The van der Waals surface area contributed by atoms with Gasteiger partial charge in [-0.1, -0.05) is 18.5 Å². The summed E-state index contributed by atoms with van der Waals surface area (Å²) < 4.78 is 0.767. The minimum Gasteiger partial charge on any atom is -0.368 e. The molecule has 2 heterocycles. The minimum atomic E-state index is 0.0778. The fourth-order valence-electron chi connectivity index (χ4n) is 1.49. The van der Waals surface area contributed by atoms with Gasteiger partial charge in [-0.2, -0.15) is 15.0 Å². The van der Waals surface area contributed by atoms with Crippen molar-refractivity contribution in [1.82, 2.24) is 15.0 Å². The van der Waals surface area contributed by atoms with Gasteiger partial charge in [0.2, 0.25) is 11.9 Å². The molecular formula is C11H14ClN5S. The second-order valence-corrected chi connectivity index (χ2v) is 5.54. The maximum atomic E-state index is 5.91. The van der Waals surface area contributed by atoms with Crippen LogP contribution in [-0.4, -0.2) is 15.0 Å². The molecule has 0 bridgehead atoms. The van der Waals surface area contributed by atoms with Gasteiger partial charge >= 0.3 is 0 Å². The Balaban J connectivity index is 2.16. The molecule has 0 saturated heterocycles. The molecule has 0 aliphatic carbocycles. The Morgan fingerprint density at radius 1 is 1.39 bits per heavy atom. The van der Waals surface area contributed by atoms with Crippen molar-refractivity contribution in [2.75, 3.05) is 11.1 Å². The third-order valence-electron chi connectivity index (χ3n) is 2.38. The van der Waals surface area contributed by atoms with E-state index in [0.717, 1.165) is 15.6 Å². The van der Waals surface area contributed by atoms with Crippen molar-refractivity contribution in [3.63, 3.8) is 0 Å². The van der Waals surface area contributed by atoms with Crippen molar-refractivity contribution < 1.29 is 0 Å². The van der Waals surface area contributed by atoms with E-state index < -0.39 is 0 Å². The van der Waals surface area contributed by atoms with Gasteiger partial charge in [0.05, 0.1) is 10.4 Å². The van der Waals surface area contributed by atoms with Crippen molar-refractivity contribution in [1.29, 1.82) is 0 Å². The first-order chi connectivity index (χ1) is 8.58. The largest absolute Gasteiger partial charge is 0.368 e. The molecular weight excluding hydrogens is 270 g/mol. The quantitative estimate of drug-likeness (QED) is 0.902. The first-order valence-corrected chi connectivity index (χ1v) is 6.80. The van der Waals surface area contributed by atoms with E-state index in [-0.39, 0.29) is 12.0 Å².